The highest BCUT2D eigenvalue weighted by Crippen LogP contribution is 2.83. The molecule has 0 amide bonds. The molecule has 0 N–H and O–H groups in total. The molecule has 0 saturated carbocycles. The smallest absolute Gasteiger partial charge is 0.190 e. The van der Waals surface area contributed by atoms with Crippen molar-refractivity contribution in [1.29, 1.82) is 10.5 Å². The number of nitrogens with zero attached hydrogens (tertiary/aromatic N) is 4. The largest absolute Gasteiger partial charge is 0.568 e. The molecule has 4 nitrogen and oxygen atoms in total. The van der Waals surface area contributed by atoms with Crippen LogP contribution in [0.2, 0.25) is 0 Å². The molecule has 0 saturated heterocycles. The molecule has 1 heterocycles. The van der Waals surface area contributed by atoms with E-state index in [-0.39, 0.29) is 0 Å². The molecule has 0 aromatic rings. The number of hydrogen-bond donors (Lipinski definition) is 0. The third-order valence-electron chi connectivity index (χ3n) is 1.63. The fourth-order valence-electron chi connectivity index (χ4n) is 0.928. The number of rotatable bonds is 0. The van der Waals surface area contributed by atoms with Crippen LogP contribution in [0.15, 0.2) is 9.53 Å². The molecule has 1 aliphatic heterocycles. The summed E-state index contributed by atoms with van der Waals surface area (Å²) in [6, 6.07) is 1.98. The van der Waals surface area contributed by atoms with Gasteiger partial charge in [-0.1, -0.05) is 9.53 Å². The predicted octanol–water partition coefficient (Wildman–Crippen LogP) is 2.82. The average Bonchev–Trinajstić information content (AvgIpc) is 2.55. The van der Waals surface area contributed by atoms with Gasteiger partial charge in [-0.3, -0.25) is 0 Å². The molecule has 0 unspecified atom stereocenters. The van der Waals surface area contributed by atoms with Gasteiger partial charge in [0.15, 0.2) is 0 Å². The van der Waals surface area contributed by atoms with Crippen molar-refractivity contribution < 1.29 is 26.3 Å². The second kappa shape index (κ2) is 3.67. The molecule has 0 aromatic carbocycles. The molecule has 0 spiro atoms. The van der Waals surface area contributed by atoms with Gasteiger partial charge in [0.2, 0.25) is 11.4 Å². The summed E-state index contributed by atoms with van der Waals surface area (Å²) in [5.74, 6) is -11.5. The third kappa shape index (κ3) is 1.85. The molecule has 1 aliphatic rings. The lowest BCUT2D eigenvalue weighted by Crippen LogP contribution is -2.24. The lowest BCUT2D eigenvalue weighted by Gasteiger charge is -2.16. The minimum absolute atomic E-state index is 0.988. The van der Waals surface area contributed by atoms with Crippen molar-refractivity contribution in [2.45, 2.75) is 11.8 Å². The van der Waals surface area contributed by atoms with Gasteiger partial charge in [0.05, 0.1) is 0 Å². The molecule has 90 valence electrons. The summed E-state index contributed by atoms with van der Waals surface area (Å²) in [4.78, 5) is 0. The molecule has 0 fully saturated rings. The fraction of sp³-hybridized carbons (Fsp3) is 0.333. The Kier molecular flexibility index (Phi) is 2.89. The van der Waals surface area contributed by atoms with Crippen LogP contribution >= 0.6 is 7.56 Å². The van der Waals surface area contributed by atoms with Gasteiger partial charge in [-0.15, -0.1) is 26.3 Å². The summed E-state index contributed by atoms with van der Waals surface area (Å²) in [5, 5.41) is 16.6. The summed E-state index contributed by atoms with van der Waals surface area (Å²) in [5.41, 5.74) is -2.48. The van der Waals surface area contributed by atoms with Gasteiger partial charge in [0, 0.05) is 0 Å². The first-order valence-electron chi connectivity index (χ1n) is 3.63. The standard InChI is InChI=1S/C6F6N4P/c7-5(8,9)17(6(10,11)12)15-3(1-13)4(2-14)16-17/q+1. The molecule has 17 heavy (non-hydrogen) atoms. The summed E-state index contributed by atoms with van der Waals surface area (Å²) < 4.78 is 79.2. The van der Waals surface area contributed by atoms with Crippen LogP contribution in [0.25, 0.3) is 0 Å². The molecule has 0 aliphatic carbocycles. The highest BCUT2D eigenvalue weighted by molar-refractivity contribution is 7.76. The van der Waals surface area contributed by atoms with E-state index in [4.69, 9.17) is 10.5 Å². The van der Waals surface area contributed by atoms with E-state index < -0.39 is 30.8 Å². The second-order valence-electron chi connectivity index (χ2n) is 2.66. The minimum Gasteiger partial charge on any atom is -0.190 e. The topological polar surface area (TPSA) is 72.3 Å². The Hall–Kier alpha value is -1.67. The summed E-state index contributed by atoms with van der Waals surface area (Å²) in [6.45, 7) is 0. The minimum atomic E-state index is -6.13. The summed E-state index contributed by atoms with van der Waals surface area (Å²) in [6.07, 6.45) is 0. The van der Waals surface area contributed by atoms with E-state index in [0.29, 0.717) is 0 Å². The van der Waals surface area contributed by atoms with E-state index in [1.807, 2.05) is 0 Å². The molecule has 0 radical (unpaired) electrons. The van der Waals surface area contributed by atoms with Crippen molar-refractivity contribution in [3.05, 3.63) is 0 Å². The number of halogens is 6. The van der Waals surface area contributed by atoms with Crippen LogP contribution in [-0.2, 0) is 0 Å². The molecule has 0 atom stereocenters. The maximum Gasteiger partial charge on any atom is 0.568 e. The lowest BCUT2D eigenvalue weighted by atomic mass is 10.3. The Balaban J connectivity index is 3.56. The SMILES string of the molecule is N#CC1=N[P+](C(F)(F)F)(C(F)(F)F)N=C1C#N. The van der Waals surface area contributed by atoms with Gasteiger partial charge in [-0.2, -0.15) is 10.5 Å². The first-order chi connectivity index (χ1) is 7.59. The average molecular weight is 273 g/mol. The van der Waals surface area contributed by atoms with Crippen LogP contribution in [-0.4, -0.2) is 23.3 Å². The Morgan fingerprint density at radius 3 is 1.29 bits per heavy atom. The quantitative estimate of drug-likeness (QED) is 0.502. The fourth-order valence-corrected chi connectivity index (χ4v) is 2.57. The zero-order chi connectivity index (χ0) is 13.5. The van der Waals surface area contributed by atoms with Crippen LogP contribution in [0.1, 0.15) is 0 Å². The van der Waals surface area contributed by atoms with E-state index in [1.165, 1.54) is 0 Å². The maximum absolute atomic E-state index is 12.4. The lowest BCUT2D eigenvalue weighted by molar-refractivity contribution is -0.0897. The van der Waals surface area contributed by atoms with Crippen LogP contribution in [0.4, 0.5) is 26.3 Å². The van der Waals surface area contributed by atoms with E-state index in [9.17, 15) is 26.3 Å². The van der Waals surface area contributed by atoms with E-state index in [2.05, 4.69) is 9.53 Å². The van der Waals surface area contributed by atoms with Gasteiger partial charge >= 0.3 is 19.4 Å². The molecular weight excluding hydrogens is 273 g/mol. The number of alkyl halides is 6. The highest BCUT2D eigenvalue weighted by atomic mass is 31.2. The van der Waals surface area contributed by atoms with E-state index in [1.54, 1.807) is 0 Å². The van der Waals surface area contributed by atoms with Gasteiger partial charge in [0.25, 0.3) is 0 Å². The zero-order valence-corrected chi connectivity index (χ0v) is 8.40. The summed E-state index contributed by atoms with van der Waals surface area (Å²) in [7, 11) is -6.13. The highest BCUT2D eigenvalue weighted by Gasteiger charge is 2.85. The first kappa shape index (κ1) is 13.4. The zero-order valence-electron chi connectivity index (χ0n) is 7.50. The van der Waals surface area contributed by atoms with Crippen molar-refractivity contribution in [3.8, 4) is 12.1 Å². The van der Waals surface area contributed by atoms with Crippen molar-refractivity contribution in [2.75, 3.05) is 0 Å². The van der Waals surface area contributed by atoms with Crippen LogP contribution < -0.4 is 0 Å². The number of nitriles is 2. The molecule has 0 bridgehead atoms. The van der Waals surface area contributed by atoms with Crippen LogP contribution in [0.3, 0.4) is 0 Å². The van der Waals surface area contributed by atoms with Gasteiger partial charge in [0.1, 0.15) is 12.1 Å². The van der Waals surface area contributed by atoms with Gasteiger partial charge in [-0.25, -0.2) is 0 Å². The maximum atomic E-state index is 12.4. The number of hydrogen-bond acceptors (Lipinski definition) is 4. The first-order valence-corrected chi connectivity index (χ1v) is 5.32. The van der Waals surface area contributed by atoms with Gasteiger partial charge < -0.3 is 0 Å². The van der Waals surface area contributed by atoms with Crippen molar-refractivity contribution in [1.82, 2.24) is 0 Å². The van der Waals surface area contributed by atoms with Crippen LogP contribution in [0, 0.1) is 22.7 Å². The Bertz CT molecular complexity index is 441. The molecule has 1 rings (SSSR count). The monoisotopic (exact) mass is 273 g/mol. The van der Waals surface area contributed by atoms with E-state index >= 15 is 0 Å². The van der Waals surface area contributed by atoms with E-state index in [0.717, 1.165) is 12.1 Å². The predicted molar refractivity (Wildman–Crippen MR) is 45.1 cm³/mol. The Labute approximate surface area is 90.3 Å². The van der Waals surface area contributed by atoms with Gasteiger partial charge in [-0.05, 0) is 0 Å². The van der Waals surface area contributed by atoms with Crippen molar-refractivity contribution >= 4 is 19.0 Å². The molecule has 0 aromatic heterocycles. The third-order valence-corrected chi connectivity index (χ3v) is 4.03. The molecule has 11 heteroatoms. The van der Waals surface area contributed by atoms with Crippen molar-refractivity contribution in [3.63, 3.8) is 0 Å². The Morgan fingerprint density at radius 2 is 1.12 bits per heavy atom. The second-order valence-corrected chi connectivity index (χ2v) is 5.27. The van der Waals surface area contributed by atoms with Crippen LogP contribution in [0.5, 0.6) is 0 Å². The summed E-state index contributed by atoms with van der Waals surface area (Å²) >= 11 is 0. The Morgan fingerprint density at radius 1 is 0.824 bits per heavy atom. The normalized spacial score (nSPS) is 19.1. The molecular formula is C6F6N4P+. The van der Waals surface area contributed by atoms with Crippen molar-refractivity contribution in [2.24, 2.45) is 9.53 Å².